The van der Waals surface area contributed by atoms with Crippen molar-refractivity contribution in [2.45, 2.75) is 148 Å². The second kappa shape index (κ2) is 32.1. The number of hydrogen-bond acceptors (Lipinski definition) is 6. The molecule has 0 saturated heterocycles. The second-order valence-electron chi connectivity index (χ2n) is 11.3. The number of carbonyl (C=O) groups is 1. The largest absolute Gasteiger partial charge is 0.369 e. The van der Waals surface area contributed by atoms with Crippen molar-refractivity contribution in [3.63, 3.8) is 0 Å². The molecule has 0 heterocycles. The maximum Gasteiger partial charge on any atom is 0.220 e. The van der Waals surface area contributed by atoms with Gasteiger partial charge in [0.05, 0.1) is 26.8 Å². The van der Waals surface area contributed by atoms with E-state index >= 15 is 0 Å². The number of nitrogens with zero attached hydrogens (tertiary/aromatic N) is 1. The van der Waals surface area contributed by atoms with E-state index in [0.29, 0.717) is 19.7 Å². The highest BCUT2D eigenvalue weighted by Crippen LogP contribution is 2.30. The highest BCUT2D eigenvalue weighted by atomic mass is 32.7. The topological polar surface area (TPSA) is 60.0 Å². The Hall–Kier alpha value is 0.650. The van der Waals surface area contributed by atoms with Gasteiger partial charge in [0.2, 0.25) is 5.91 Å². The third-order valence-corrected chi connectivity index (χ3v) is 8.77. The van der Waals surface area contributed by atoms with Crippen molar-refractivity contribution in [2.24, 2.45) is 0 Å². The Balaban J connectivity index is 4.74. The molecule has 6 nitrogen and oxygen atoms in total. The number of ether oxygens (including phenoxy) is 1. The first kappa shape index (κ1) is 37.8. The molecule has 0 saturated carbocycles. The minimum atomic E-state index is -1.40. The zero-order valence-electron chi connectivity index (χ0n) is 29.0. The summed E-state index contributed by atoms with van der Waals surface area (Å²) in [5.41, 5.74) is 0. The van der Waals surface area contributed by atoms with Gasteiger partial charge >= 0.3 is 0 Å². The molecule has 0 aromatic carbocycles. The van der Waals surface area contributed by atoms with Gasteiger partial charge in [-0.15, -0.1) is 0 Å². The van der Waals surface area contributed by atoms with E-state index in [1.165, 1.54) is 83.5 Å². The smallest absolute Gasteiger partial charge is 0.220 e. The minimum Gasteiger partial charge on any atom is -0.369 e. The molecule has 0 rings (SSSR count). The van der Waals surface area contributed by atoms with Gasteiger partial charge in [-0.25, -0.2) is 0 Å². The average Bonchev–Trinajstić information content (AvgIpc) is 2.97. The Morgan fingerprint density at radius 2 is 1.61 bits per heavy atom. The molecule has 0 aliphatic rings. The molecule has 3 radical (unpaired) electrons. The highest BCUT2D eigenvalue weighted by molar-refractivity contribution is 8.53. The molecule has 4 atom stereocenters. The third kappa shape index (κ3) is 29.1. The van der Waals surface area contributed by atoms with Crippen LogP contribution >= 0.6 is 27.3 Å². The quantitative estimate of drug-likeness (QED) is 0.0257. The Kier molecular flexibility index (Phi) is 29.6. The number of unbranched alkanes of at least 4 members (excludes halogenated alkanes) is 14. The van der Waals surface area contributed by atoms with Crippen LogP contribution in [-0.4, -0.2) is 80.9 Å². The van der Waals surface area contributed by atoms with Crippen molar-refractivity contribution in [1.29, 1.82) is 2.61 Å². The first-order valence-corrected chi connectivity index (χ1v) is 20.4. The van der Waals surface area contributed by atoms with Gasteiger partial charge in [-0.05, 0) is 35.3 Å². The number of amides is 1. The molecular formula is C30H63B2N2O4P2S. The Labute approximate surface area is 267 Å². The molecule has 0 bridgehead atoms. The molecule has 0 aromatic heterocycles. The van der Waals surface area contributed by atoms with Gasteiger partial charge < -0.3 is 18.8 Å². The SMILES string of the molecule is [2H]P([B][3H])SOC[C@@H](CN(CC[C@@H](CCCCCCC)OP([B])C)COC)NC(=O)CCCCCCCCCCCCC. The normalized spacial score (nSPS) is 15.2. The Morgan fingerprint density at radius 3 is 2.17 bits per heavy atom. The molecule has 41 heavy (non-hydrogen) atoms. The van der Waals surface area contributed by atoms with Crippen LogP contribution < -0.4 is 5.32 Å². The molecule has 0 aliphatic heterocycles. The lowest BCUT2D eigenvalue weighted by Gasteiger charge is -2.29. The van der Waals surface area contributed by atoms with Crippen LogP contribution in [0.1, 0.15) is 136 Å². The number of carbonyl (C=O) groups excluding carboxylic acids is 1. The van der Waals surface area contributed by atoms with E-state index in [1.54, 1.807) is 7.11 Å². The standard InChI is InChI=1S/C30H63B2N2O4P2S/c1-5-7-9-11-12-13-14-15-16-18-20-22-30(35)33-28(26-37-41-39-31)25-34(27-36-3)24-23-29(38-40(4)32)21-19-17-10-8-6-2/h28-29,31,39H,5-27H2,1-4H3,(H,33,35)/t28-,29-,39?,40?/m1/s1/i31T,39D. The highest BCUT2D eigenvalue weighted by Gasteiger charge is 2.19. The fourth-order valence-corrected chi connectivity index (χ4v) is 6.35. The zero-order chi connectivity index (χ0) is 32.0. The van der Waals surface area contributed by atoms with Crippen LogP contribution in [0.2, 0.25) is 0 Å². The van der Waals surface area contributed by atoms with E-state index in [4.69, 9.17) is 23.6 Å². The predicted molar refractivity (Wildman–Crippen MR) is 187 cm³/mol. The molecule has 1 amide bonds. The van der Waals surface area contributed by atoms with E-state index in [9.17, 15) is 4.79 Å². The third-order valence-electron chi connectivity index (χ3n) is 7.24. The Bertz CT molecular complexity index is 629. The van der Waals surface area contributed by atoms with Gasteiger partial charge in [0.25, 0.3) is 0 Å². The lowest BCUT2D eigenvalue weighted by Crippen LogP contribution is -2.47. The van der Waals surface area contributed by atoms with Crippen LogP contribution in [0.5, 0.6) is 0 Å². The first-order chi connectivity index (χ1) is 20.9. The number of rotatable bonds is 33. The average molecular weight is 634 g/mol. The predicted octanol–water partition coefficient (Wildman–Crippen LogP) is 8.40. The lowest BCUT2D eigenvalue weighted by atomic mass is 10.1. The van der Waals surface area contributed by atoms with Crippen LogP contribution in [0.25, 0.3) is 0 Å². The number of hydrogen-bond donors (Lipinski definition) is 1. The summed E-state index contributed by atoms with van der Waals surface area (Å²) < 4.78 is 32.4. The maximum atomic E-state index is 12.9. The summed E-state index contributed by atoms with van der Waals surface area (Å²) in [5.74, 6) is 0.0418. The van der Waals surface area contributed by atoms with Crippen molar-refractivity contribution in [2.75, 3.05) is 40.2 Å². The van der Waals surface area contributed by atoms with Crippen molar-refractivity contribution in [3.8, 4) is 0 Å². The fraction of sp³-hybridized carbons (Fsp3) is 0.967. The van der Waals surface area contributed by atoms with Crippen LogP contribution in [-0.2, 0) is 18.2 Å². The lowest BCUT2D eigenvalue weighted by molar-refractivity contribution is -0.122. The molecule has 11 heteroatoms. The van der Waals surface area contributed by atoms with Crippen molar-refractivity contribution >= 4 is 48.3 Å². The minimum absolute atomic E-state index is 0.0418. The van der Waals surface area contributed by atoms with E-state index in [-0.39, 0.29) is 24.7 Å². The Morgan fingerprint density at radius 1 is 1.02 bits per heavy atom. The summed E-state index contributed by atoms with van der Waals surface area (Å²) in [5, 5.41) is 3.17. The van der Waals surface area contributed by atoms with Gasteiger partial charge in [0.1, 0.15) is 15.1 Å². The van der Waals surface area contributed by atoms with Gasteiger partial charge in [-0.2, -0.15) is 0 Å². The molecule has 0 fully saturated rings. The van der Waals surface area contributed by atoms with Crippen molar-refractivity contribution < 1.29 is 18.2 Å². The monoisotopic (exact) mass is 634 g/mol. The van der Waals surface area contributed by atoms with Crippen molar-refractivity contribution in [3.05, 3.63) is 0 Å². The maximum absolute atomic E-state index is 12.9. The fourth-order valence-electron chi connectivity index (χ4n) is 5.02. The summed E-state index contributed by atoms with van der Waals surface area (Å²) in [4.78, 5) is 15.0. The van der Waals surface area contributed by atoms with Crippen LogP contribution in [0, 0.1) is 0 Å². The van der Waals surface area contributed by atoms with Crippen LogP contribution in [0.4, 0.5) is 0 Å². The zero-order valence-corrected chi connectivity index (χ0v) is 29.6. The summed E-state index contributed by atoms with van der Waals surface area (Å²) >= 11 is 1.00. The number of methoxy groups -OCH3 is 1. The molecule has 2 unspecified atom stereocenters. The molecular weight excluding hydrogens is 568 g/mol. The second-order valence-corrected chi connectivity index (χ2v) is 14.3. The van der Waals surface area contributed by atoms with Gasteiger partial charge in [-0.1, -0.05) is 118 Å². The van der Waals surface area contributed by atoms with Gasteiger partial charge in [0, 0.05) is 38.3 Å². The van der Waals surface area contributed by atoms with E-state index in [2.05, 4.69) is 24.1 Å². The van der Waals surface area contributed by atoms with Crippen molar-refractivity contribution in [1.82, 2.24) is 10.2 Å². The van der Waals surface area contributed by atoms with Gasteiger partial charge in [0.15, 0.2) is 0 Å². The summed E-state index contributed by atoms with van der Waals surface area (Å²) in [7, 11) is 6.49. The van der Waals surface area contributed by atoms with E-state index < -0.39 is 15.6 Å². The molecule has 1 N–H and O–H groups in total. The summed E-state index contributed by atoms with van der Waals surface area (Å²) in [6.45, 7) is 8.49. The molecule has 0 spiro atoms. The van der Waals surface area contributed by atoms with Crippen LogP contribution in [0.3, 0.4) is 0 Å². The van der Waals surface area contributed by atoms with E-state index in [1.807, 2.05) is 6.66 Å². The number of nitrogens with one attached hydrogen (secondary N) is 1. The van der Waals surface area contributed by atoms with E-state index in [0.717, 1.165) is 57.8 Å². The molecule has 0 aromatic rings. The van der Waals surface area contributed by atoms with Crippen LogP contribution in [0.15, 0.2) is 0 Å². The molecule has 0 aliphatic carbocycles. The first-order valence-electron chi connectivity index (χ1n) is 17.3. The van der Waals surface area contributed by atoms with Gasteiger partial charge in [-0.3, -0.25) is 9.69 Å². The summed E-state index contributed by atoms with van der Waals surface area (Å²) in [6.07, 6.45) is 22.4. The molecule has 239 valence electrons. The summed E-state index contributed by atoms with van der Waals surface area (Å²) in [6, 6.07) is -0.233.